The average Bonchev–Trinajstić information content (AvgIpc) is 3.14. The fourth-order valence-corrected chi connectivity index (χ4v) is 4.71. The van der Waals surface area contributed by atoms with Crippen LogP contribution in [-0.2, 0) is 4.74 Å². The van der Waals surface area contributed by atoms with Crippen LogP contribution in [0.15, 0.2) is 23.4 Å². The molecule has 1 aromatic heterocycles. The maximum absolute atomic E-state index is 12.9. The normalized spacial score (nSPS) is 18.5. The lowest BCUT2D eigenvalue weighted by atomic mass is 9.77. The molecule has 0 aromatic carbocycles. The van der Waals surface area contributed by atoms with Gasteiger partial charge in [-0.3, -0.25) is 4.79 Å². The van der Waals surface area contributed by atoms with Crippen molar-refractivity contribution in [2.75, 3.05) is 39.0 Å². The van der Waals surface area contributed by atoms with E-state index in [4.69, 9.17) is 4.74 Å². The number of thioether (sulfide) groups is 1. The van der Waals surface area contributed by atoms with Gasteiger partial charge in [-0.25, -0.2) is 9.78 Å². The van der Waals surface area contributed by atoms with Gasteiger partial charge in [0.25, 0.3) is 5.91 Å². The molecule has 0 atom stereocenters. The number of hydrogen-bond acceptors (Lipinski definition) is 5. The number of rotatable bonds is 6. The van der Waals surface area contributed by atoms with Gasteiger partial charge in [0.1, 0.15) is 5.03 Å². The maximum Gasteiger partial charge on any atom is 0.409 e. The van der Waals surface area contributed by atoms with E-state index in [1.54, 1.807) is 6.20 Å². The number of unbranched alkanes of at least 4 members (excludes halogenated alkanes) is 2. The van der Waals surface area contributed by atoms with Crippen LogP contribution < -0.4 is 0 Å². The number of hydrogen-bond donors (Lipinski definition) is 0. The van der Waals surface area contributed by atoms with E-state index in [2.05, 4.69) is 11.9 Å². The van der Waals surface area contributed by atoms with Gasteiger partial charge in [0.05, 0.1) is 12.2 Å². The minimum absolute atomic E-state index is 0.0671. The summed E-state index contributed by atoms with van der Waals surface area (Å²) in [5.74, 6) is 0.0671. The number of ether oxygens (including phenoxy) is 1. The van der Waals surface area contributed by atoms with Gasteiger partial charge >= 0.3 is 6.09 Å². The van der Waals surface area contributed by atoms with E-state index in [0.717, 1.165) is 69.7 Å². The Kier molecular flexibility index (Phi) is 7.21. The number of nitrogens with zero attached hydrogens (tertiary/aromatic N) is 3. The molecule has 2 saturated heterocycles. The Morgan fingerprint density at radius 1 is 1.18 bits per heavy atom. The van der Waals surface area contributed by atoms with Crippen LogP contribution in [-0.4, -0.2) is 65.8 Å². The molecule has 2 fully saturated rings. The SMILES string of the molecule is CCCCCOC(=O)N1CCC2(CCN(C(=O)c3cccnc3SC)CC2)C1. The summed E-state index contributed by atoms with van der Waals surface area (Å²) in [6.45, 7) is 5.65. The monoisotopic (exact) mass is 405 g/mol. The first-order valence-corrected chi connectivity index (χ1v) is 11.5. The van der Waals surface area contributed by atoms with Gasteiger partial charge in [-0.15, -0.1) is 11.8 Å². The molecule has 0 bridgehead atoms. The van der Waals surface area contributed by atoms with Crippen molar-refractivity contribution >= 4 is 23.8 Å². The summed E-state index contributed by atoms with van der Waals surface area (Å²) in [6.07, 6.45) is 9.52. The van der Waals surface area contributed by atoms with Gasteiger partial charge in [0.15, 0.2) is 0 Å². The van der Waals surface area contributed by atoms with E-state index >= 15 is 0 Å². The van der Waals surface area contributed by atoms with Gasteiger partial charge in [-0.1, -0.05) is 19.8 Å². The first-order valence-electron chi connectivity index (χ1n) is 10.3. The fraction of sp³-hybridized carbons (Fsp3) is 0.667. The molecule has 0 aliphatic carbocycles. The van der Waals surface area contributed by atoms with Crippen molar-refractivity contribution in [3.05, 3.63) is 23.9 Å². The summed E-state index contributed by atoms with van der Waals surface area (Å²) < 4.78 is 5.42. The molecule has 0 unspecified atom stereocenters. The largest absolute Gasteiger partial charge is 0.449 e. The molecule has 3 rings (SSSR count). The summed E-state index contributed by atoms with van der Waals surface area (Å²) in [5.41, 5.74) is 0.825. The lowest BCUT2D eigenvalue weighted by Gasteiger charge is -2.39. The van der Waals surface area contributed by atoms with Crippen molar-refractivity contribution in [2.24, 2.45) is 5.41 Å². The Hall–Kier alpha value is -1.76. The van der Waals surface area contributed by atoms with E-state index < -0.39 is 0 Å². The van der Waals surface area contributed by atoms with Gasteiger partial charge in [0.2, 0.25) is 0 Å². The van der Waals surface area contributed by atoms with Crippen molar-refractivity contribution in [2.45, 2.75) is 50.5 Å². The van der Waals surface area contributed by atoms with Crippen LogP contribution >= 0.6 is 11.8 Å². The van der Waals surface area contributed by atoms with E-state index in [1.807, 2.05) is 28.2 Å². The van der Waals surface area contributed by atoms with Crippen LogP contribution in [0.4, 0.5) is 4.79 Å². The highest BCUT2D eigenvalue weighted by atomic mass is 32.2. The first kappa shape index (κ1) is 21.0. The molecule has 0 N–H and O–H groups in total. The Labute approximate surface area is 172 Å². The summed E-state index contributed by atoms with van der Waals surface area (Å²) in [7, 11) is 0. The number of likely N-dealkylation sites (tertiary alicyclic amines) is 2. The molecule has 0 saturated carbocycles. The molecule has 1 spiro atoms. The topological polar surface area (TPSA) is 62.7 Å². The molecule has 3 heterocycles. The minimum Gasteiger partial charge on any atom is -0.449 e. The number of amides is 2. The predicted molar refractivity (Wildman–Crippen MR) is 111 cm³/mol. The summed E-state index contributed by atoms with van der Waals surface area (Å²) in [5, 5.41) is 0.783. The van der Waals surface area contributed by atoms with Crippen LogP contribution in [0.1, 0.15) is 55.8 Å². The van der Waals surface area contributed by atoms with Crippen LogP contribution in [0.25, 0.3) is 0 Å². The summed E-state index contributed by atoms with van der Waals surface area (Å²) in [6, 6.07) is 3.68. The second-order valence-corrected chi connectivity index (χ2v) is 8.64. The highest BCUT2D eigenvalue weighted by Crippen LogP contribution is 2.41. The Balaban J connectivity index is 1.51. The quantitative estimate of drug-likeness (QED) is 0.528. The number of carbonyl (C=O) groups is 2. The molecular formula is C21H31N3O3S. The molecule has 6 nitrogen and oxygen atoms in total. The average molecular weight is 406 g/mol. The van der Waals surface area contributed by atoms with Crippen LogP contribution in [0.5, 0.6) is 0 Å². The second-order valence-electron chi connectivity index (χ2n) is 7.85. The standard InChI is InChI=1S/C21H31N3O3S/c1-3-4-5-15-27-20(26)24-14-10-21(16-24)8-12-23(13-9-21)19(25)17-7-6-11-22-18(17)28-2/h6-7,11H,3-5,8-10,12-16H2,1-2H3. The number of carbonyl (C=O) groups excluding carboxylic acids is 2. The van der Waals surface area contributed by atoms with Gasteiger partial charge in [-0.2, -0.15) is 0 Å². The summed E-state index contributed by atoms with van der Waals surface area (Å²) >= 11 is 1.50. The van der Waals surface area contributed by atoms with E-state index in [1.165, 1.54) is 11.8 Å². The molecule has 2 amide bonds. The van der Waals surface area contributed by atoms with Crippen molar-refractivity contribution in [1.82, 2.24) is 14.8 Å². The first-order chi connectivity index (χ1) is 13.6. The lowest BCUT2D eigenvalue weighted by Crippen LogP contribution is -2.44. The molecule has 2 aliphatic rings. The van der Waals surface area contributed by atoms with E-state index in [-0.39, 0.29) is 17.4 Å². The zero-order valence-corrected chi connectivity index (χ0v) is 17.8. The number of piperidine rings is 1. The third-order valence-electron chi connectivity index (χ3n) is 5.98. The Morgan fingerprint density at radius 2 is 1.89 bits per heavy atom. The van der Waals surface area contributed by atoms with Crippen LogP contribution in [0.2, 0.25) is 0 Å². The Bertz CT molecular complexity index is 689. The number of pyridine rings is 1. The second kappa shape index (κ2) is 9.63. The van der Waals surface area contributed by atoms with Crippen molar-refractivity contribution in [3.8, 4) is 0 Å². The third-order valence-corrected chi connectivity index (χ3v) is 6.69. The molecule has 1 aromatic rings. The van der Waals surface area contributed by atoms with Crippen molar-refractivity contribution < 1.29 is 14.3 Å². The molecule has 2 aliphatic heterocycles. The molecular weight excluding hydrogens is 374 g/mol. The van der Waals surface area contributed by atoms with Crippen LogP contribution in [0, 0.1) is 5.41 Å². The third kappa shape index (κ3) is 4.80. The zero-order valence-electron chi connectivity index (χ0n) is 17.0. The van der Waals surface area contributed by atoms with Gasteiger partial charge in [0, 0.05) is 32.4 Å². The van der Waals surface area contributed by atoms with Crippen molar-refractivity contribution in [3.63, 3.8) is 0 Å². The minimum atomic E-state index is -0.175. The molecule has 154 valence electrons. The smallest absolute Gasteiger partial charge is 0.409 e. The molecule has 7 heteroatoms. The lowest BCUT2D eigenvalue weighted by molar-refractivity contribution is 0.0569. The maximum atomic E-state index is 12.9. The Morgan fingerprint density at radius 3 is 2.57 bits per heavy atom. The predicted octanol–water partition coefficient (Wildman–Crippen LogP) is 4.06. The molecule has 28 heavy (non-hydrogen) atoms. The van der Waals surface area contributed by atoms with E-state index in [9.17, 15) is 9.59 Å². The van der Waals surface area contributed by atoms with Crippen molar-refractivity contribution in [1.29, 1.82) is 0 Å². The number of aromatic nitrogens is 1. The van der Waals surface area contributed by atoms with Gasteiger partial charge in [-0.05, 0) is 49.5 Å². The highest BCUT2D eigenvalue weighted by Gasteiger charge is 2.43. The molecule has 0 radical (unpaired) electrons. The summed E-state index contributed by atoms with van der Waals surface area (Å²) in [4.78, 5) is 33.3. The van der Waals surface area contributed by atoms with E-state index in [0.29, 0.717) is 12.2 Å². The fourth-order valence-electron chi connectivity index (χ4n) is 4.17. The van der Waals surface area contributed by atoms with Crippen LogP contribution in [0.3, 0.4) is 0 Å². The highest BCUT2D eigenvalue weighted by molar-refractivity contribution is 7.98. The van der Waals surface area contributed by atoms with Gasteiger partial charge < -0.3 is 14.5 Å². The zero-order chi connectivity index (χ0) is 20.0.